The zero-order chi connectivity index (χ0) is 17.7. The van der Waals surface area contributed by atoms with Crippen molar-refractivity contribution in [2.45, 2.75) is 17.6 Å². The lowest BCUT2D eigenvalue weighted by atomic mass is 10.2. The minimum Gasteiger partial charge on any atom is -0.378 e. The molecular weight excluding hydrogens is 346 g/mol. The molecular formula is C16H21N3O3S2. The van der Waals surface area contributed by atoms with Gasteiger partial charge in [-0.15, -0.1) is 11.3 Å². The quantitative estimate of drug-likeness (QED) is 0.787. The van der Waals surface area contributed by atoms with Crippen molar-refractivity contribution in [2.75, 3.05) is 30.9 Å². The Morgan fingerprint density at radius 1 is 1.12 bits per heavy atom. The maximum absolute atomic E-state index is 12.2. The average Bonchev–Trinajstić information content (AvgIpc) is 3.03. The highest BCUT2D eigenvalue weighted by atomic mass is 32.2. The van der Waals surface area contributed by atoms with E-state index in [0.717, 1.165) is 17.0 Å². The number of nitrogens with zero attached hydrogens (tertiary/aromatic N) is 1. The van der Waals surface area contributed by atoms with Gasteiger partial charge in [-0.25, -0.2) is 13.1 Å². The van der Waals surface area contributed by atoms with Crippen LogP contribution in [-0.4, -0.2) is 35.0 Å². The number of aryl methyl sites for hydroxylation is 1. The number of thiophene rings is 1. The van der Waals surface area contributed by atoms with E-state index in [9.17, 15) is 13.2 Å². The Kier molecular flexibility index (Phi) is 5.98. The number of hydrogen-bond donors (Lipinski definition) is 2. The van der Waals surface area contributed by atoms with Crippen molar-refractivity contribution in [1.82, 2.24) is 4.72 Å². The second kappa shape index (κ2) is 7.78. The Hall–Kier alpha value is -1.90. The second-order valence-corrected chi connectivity index (χ2v) is 8.55. The monoisotopic (exact) mass is 367 g/mol. The molecule has 1 heterocycles. The molecule has 1 aromatic heterocycles. The number of nitrogens with one attached hydrogen (secondary N) is 2. The summed E-state index contributed by atoms with van der Waals surface area (Å²) < 4.78 is 26.9. The van der Waals surface area contributed by atoms with E-state index in [2.05, 4.69) is 10.0 Å². The molecule has 0 atom stereocenters. The van der Waals surface area contributed by atoms with E-state index < -0.39 is 15.9 Å². The van der Waals surface area contributed by atoms with Gasteiger partial charge in [0.05, 0.1) is 6.54 Å². The van der Waals surface area contributed by atoms with Crippen LogP contribution >= 0.6 is 11.3 Å². The van der Waals surface area contributed by atoms with Crippen LogP contribution in [0.2, 0.25) is 0 Å². The van der Waals surface area contributed by atoms with Crippen LogP contribution in [0.1, 0.15) is 11.8 Å². The van der Waals surface area contributed by atoms with E-state index in [1.165, 1.54) is 11.3 Å². The zero-order valence-corrected chi connectivity index (χ0v) is 15.5. The van der Waals surface area contributed by atoms with Gasteiger partial charge in [-0.05, 0) is 42.8 Å². The molecule has 0 aliphatic rings. The molecule has 1 amide bonds. The van der Waals surface area contributed by atoms with E-state index in [1.807, 2.05) is 38.1 Å². The second-order valence-electron chi connectivity index (χ2n) is 5.39. The first kappa shape index (κ1) is 18.4. The van der Waals surface area contributed by atoms with Crippen LogP contribution in [0.5, 0.6) is 0 Å². The summed E-state index contributed by atoms with van der Waals surface area (Å²) in [5.74, 6) is -0.413. The van der Waals surface area contributed by atoms with Crippen molar-refractivity contribution < 1.29 is 13.2 Å². The first-order valence-corrected chi connectivity index (χ1v) is 9.77. The summed E-state index contributed by atoms with van der Waals surface area (Å²) >= 11 is 1.21. The highest BCUT2D eigenvalue weighted by Gasteiger charge is 2.17. The van der Waals surface area contributed by atoms with E-state index in [0.29, 0.717) is 5.69 Å². The molecule has 1 aromatic carbocycles. The molecule has 0 aliphatic carbocycles. The van der Waals surface area contributed by atoms with Gasteiger partial charge in [-0.1, -0.05) is 6.92 Å². The molecule has 2 N–H and O–H groups in total. The minimum atomic E-state index is -3.65. The van der Waals surface area contributed by atoms with Crippen molar-refractivity contribution in [3.63, 3.8) is 0 Å². The fourth-order valence-electron chi connectivity index (χ4n) is 1.97. The number of benzene rings is 1. The van der Waals surface area contributed by atoms with Gasteiger partial charge in [-0.2, -0.15) is 0 Å². The third kappa shape index (κ3) is 4.80. The van der Waals surface area contributed by atoms with Gasteiger partial charge in [0.15, 0.2) is 0 Å². The molecule has 130 valence electrons. The zero-order valence-electron chi connectivity index (χ0n) is 13.9. The summed E-state index contributed by atoms with van der Waals surface area (Å²) in [7, 11) is 0.201. The standard InChI is InChI=1S/C16H21N3O3S2/c1-4-14-9-10-16(23-14)24(21,22)17-11-15(20)18-12-5-7-13(8-6-12)19(2)3/h5-10,17H,4,11H2,1-3H3,(H,18,20). The van der Waals surface area contributed by atoms with Crippen molar-refractivity contribution in [3.8, 4) is 0 Å². The van der Waals surface area contributed by atoms with E-state index in [-0.39, 0.29) is 10.8 Å². The molecule has 0 aliphatic heterocycles. The van der Waals surface area contributed by atoms with Gasteiger partial charge in [0, 0.05) is 30.3 Å². The highest BCUT2D eigenvalue weighted by molar-refractivity contribution is 7.91. The van der Waals surface area contributed by atoms with Crippen LogP contribution in [0.15, 0.2) is 40.6 Å². The van der Waals surface area contributed by atoms with Crippen LogP contribution in [0, 0.1) is 0 Å². The lowest BCUT2D eigenvalue weighted by Gasteiger charge is -2.13. The van der Waals surface area contributed by atoms with E-state index in [1.54, 1.807) is 24.3 Å². The van der Waals surface area contributed by atoms with Crippen molar-refractivity contribution in [1.29, 1.82) is 0 Å². The SMILES string of the molecule is CCc1ccc(S(=O)(=O)NCC(=O)Nc2ccc(N(C)C)cc2)s1. The van der Waals surface area contributed by atoms with Gasteiger partial charge >= 0.3 is 0 Å². The number of anilines is 2. The minimum absolute atomic E-state index is 0.225. The van der Waals surface area contributed by atoms with Gasteiger partial charge in [0.25, 0.3) is 10.0 Å². The normalized spacial score (nSPS) is 11.3. The lowest BCUT2D eigenvalue weighted by Crippen LogP contribution is -2.32. The maximum atomic E-state index is 12.2. The summed E-state index contributed by atoms with van der Waals surface area (Å²) in [6.07, 6.45) is 0.781. The molecule has 6 nitrogen and oxygen atoms in total. The Bertz CT molecular complexity index is 796. The Balaban J connectivity index is 1.92. The van der Waals surface area contributed by atoms with Crippen LogP contribution in [0.3, 0.4) is 0 Å². The molecule has 0 saturated carbocycles. The molecule has 0 radical (unpaired) electrons. The highest BCUT2D eigenvalue weighted by Crippen LogP contribution is 2.21. The summed E-state index contributed by atoms with van der Waals surface area (Å²) in [5, 5.41) is 2.67. The number of amides is 1. The molecule has 0 saturated heterocycles. The van der Waals surface area contributed by atoms with Crippen LogP contribution < -0.4 is 14.9 Å². The third-order valence-electron chi connectivity index (χ3n) is 3.34. The lowest BCUT2D eigenvalue weighted by molar-refractivity contribution is -0.115. The van der Waals surface area contributed by atoms with Gasteiger partial charge in [0.2, 0.25) is 5.91 Å². The molecule has 8 heteroatoms. The molecule has 0 unspecified atom stereocenters. The van der Waals surface area contributed by atoms with Gasteiger partial charge in [0.1, 0.15) is 4.21 Å². The van der Waals surface area contributed by atoms with E-state index >= 15 is 0 Å². The number of carbonyl (C=O) groups is 1. The first-order chi connectivity index (χ1) is 11.3. The molecule has 2 aromatic rings. The maximum Gasteiger partial charge on any atom is 0.250 e. The number of hydrogen-bond acceptors (Lipinski definition) is 5. The van der Waals surface area contributed by atoms with Crippen LogP contribution in [0.25, 0.3) is 0 Å². The fraction of sp³-hybridized carbons (Fsp3) is 0.312. The predicted molar refractivity (Wildman–Crippen MR) is 98.3 cm³/mol. The Morgan fingerprint density at radius 3 is 2.33 bits per heavy atom. The van der Waals surface area contributed by atoms with Crippen LogP contribution in [-0.2, 0) is 21.2 Å². The van der Waals surface area contributed by atoms with Crippen molar-refractivity contribution >= 4 is 38.6 Å². The molecule has 0 bridgehead atoms. The average molecular weight is 367 g/mol. The summed E-state index contributed by atoms with van der Waals surface area (Å²) in [6, 6.07) is 10.6. The van der Waals surface area contributed by atoms with E-state index in [4.69, 9.17) is 0 Å². The largest absolute Gasteiger partial charge is 0.378 e. The Labute approximate surface area is 146 Å². The number of sulfonamides is 1. The van der Waals surface area contributed by atoms with Gasteiger partial charge < -0.3 is 10.2 Å². The summed E-state index contributed by atoms with van der Waals surface area (Å²) in [4.78, 5) is 14.9. The molecule has 0 fully saturated rings. The summed E-state index contributed by atoms with van der Waals surface area (Å²) in [5.41, 5.74) is 1.63. The molecule has 24 heavy (non-hydrogen) atoms. The molecule has 0 spiro atoms. The van der Waals surface area contributed by atoms with Crippen LogP contribution in [0.4, 0.5) is 11.4 Å². The smallest absolute Gasteiger partial charge is 0.250 e. The fourth-order valence-corrected chi connectivity index (χ4v) is 4.29. The van der Waals surface area contributed by atoms with Crippen molar-refractivity contribution in [2.24, 2.45) is 0 Å². The van der Waals surface area contributed by atoms with Gasteiger partial charge in [-0.3, -0.25) is 4.79 Å². The topological polar surface area (TPSA) is 78.5 Å². The summed E-state index contributed by atoms with van der Waals surface area (Å²) in [6.45, 7) is 1.65. The molecule has 2 rings (SSSR count). The predicted octanol–water partition coefficient (Wildman–Crippen LogP) is 2.29. The number of carbonyl (C=O) groups excluding carboxylic acids is 1. The third-order valence-corrected chi connectivity index (χ3v) is 6.46. The first-order valence-electron chi connectivity index (χ1n) is 7.47. The Morgan fingerprint density at radius 2 is 1.79 bits per heavy atom. The number of rotatable bonds is 7. The van der Waals surface area contributed by atoms with Crippen molar-refractivity contribution in [3.05, 3.63) is 41.3 Å².